The minimum absolute atomic E-state index is 0.316. The van der Waals surface area contributed by atoms with Gasteiger partial charge in [0.25, 0.3) is 0 Å². The fraction of sp³-hybridized carbons (Fsp3) is 0.267. The van der Waals surface area contributed by atoms with Gasteiger partial charge >= 0.3 is 0 Å². The van der Waals surface area contributed by atoms with Crippen LogP contribution in [0.25, 0.3) is 0 Å². The van der Waals surface area contributed by atoms with Crippen molar-refractivity contribution in [1.29, 1.82) is 0 Å². The molecule has 100 valence electrons. The number of benzene rings is 1. The molecule has 1 atom stereocenters. The van der Waals surface area contributed by atoms with Crippen molar-refractivity contribution < 1.29 is 0 Å². The highest BCUT2D eigenvalue weighted by molar-refractivity contribution is 9.10. The van der Waals surface area contributed by atoms with Gasteiger partial charge in [-0.15, -0.1) is 11.8 Å². The predicted octanol–water partition coefficient (Wildman–Crippen LogP) is 4.42. The molecule has 0 spiro atoms. The first-order valence-electron chi connectivity index (χ1n) is 6.18. The Kier molecular flexibility index (Phi) is 5.43. The van der Waals surface area contributed by atoms with E-state index in [4.69, 9.17) is 0 Å². The van der Waals surface area contributed by atoms with Crippen molar-refractivity contribution in [1.82, 2.24) is 10.3 Å². The summed E-state index contributed by atoms with van der Waals surface area (Å²) in [5.41, 5.74) is 2.34. The van der Waals surface area contributed by atoms with Crippen molar-refractivity contribution in [2.24, 2.45) is 0 Å². The average Bonchev–Trinajstić information content (AvgIpc) is 2.45. The number of thioether (sulfide) groups is 1. The summed E-state index contributed by atoms with van der Waals surface area (Å²) in [5, 5.41) is 3.49. The fourth-order valence-corrected chi connectivity index (χ4v) is 2.61. The van der Waals surface area contributed by atoms with E-state index in [9.17, 15) is 0 Å². The second-order valence-corrected chi connectivity index (χ2v) is 6.02. The SMILES string of the molecule is CSc1ccc(C(C)NCc2cccc(Br)n2)cc1. The van der Waals surface area contributed by atoms with Gasteiger partial charge in [-0.05, 0) is 58.9 Å². The van der Waals surface area contributed by atoms with Gasteiger partial charge in [-0.2, -0.15) is 0 Å². The number of halogens is 1. The highest BCUT2D eigenvalue weighted by atomic mass is 79.9. The van der Waals surface area contributed by atoms with Crippen LogP contribution in [0.4, 0.5) is 0 Å². The normalized spacial score (nSPS) is 12.4. The average molecular weight is 337 g/mol. The molecule has 4 heteroatoms. The number of nitrogens with one attached hydrogen (secondary N) is 1. The summed E-state index contributed by atoms with van der Waals surface area (Å²) in [7, 11) is 0. The van der Waals surface area contributed by atoms with Crippen molar-refractivity contribution in [3.8, 4) is 0 Å². The topological polar surface area (TPSA) is 24.9 Å². The molecule has 1 aromatic carbocycles. The van der Waals surface area contributed by atoms with E-state index in [0.717, 1.165) is 16.8 Å². The van der Waals surface area contributed by atoms with Crippen LogP contribution in [0.2, 0.25) is 0 Å². The number of pyridine rings is 1. The van der Waals surface area contributed by atoms with Crippen molar-refractivity contribution >= 4 is 27.7 Å². The maximum Gasteiger partial charge on any atom is 0.106 e. The number of hydrogen-bond donors (Lipinski definition) is 1. The Morgan fingerprint density at radius 1 is 1.21 bits per heavy atom. The first-order chi connectivity index (χ1) is 9.19. The molecule has 19 heavy (non-hydrogen) atoms. The van der Waals surface area contributed by atoms with Gasteiger partial charge in [0, 0.05) is 17.5 Å². The predicted molar refractivity (Wildman–Crippen MR) is 85.4 cm³/mol. The van der Waals surface area contributed by atoms with Gasteiger partial charge in [0.15, 0.2) is 0 Å². The van der Waals surface area contributed by atoms with Gasteiger partial charge in [-0.25, -0.2) is 4.98 Å². The molecule has 1 unspecified atom stereocenters. The molecule has 0 saturated carbocycles. The van der Waals surface area contributed by atoms with E-state index >= 15 is 0 Å². The molecule has 0 bridgehead atoms. The molecule has 0 aliphatic rings. The largest absolute Gasteiger partial charge is 0.305 e. The third kappa shape index (κ3) is 4.34. The zero-order valence-corrected chi connectivity index (χ0v) is 13.5. The van der Waals surface area contributed by atoms with E-state index < -0.39 is 0 Å². The highest BCUT2D eigenvalue weighted by Crippen LogP contribution is 2.19. The van der Waals surface area contributed by atoms with Crippen LogP contribution < -0.4 is 5.32 Å². The molecule has 2 aromatic rings. The van der Waals surface area contributed by atoms with E-state index in [1.165, 1.54) is 10.5 Å². The number of aromatic nitrogens is 1. The van der Waals surface area contributed by atoms with Crippen LogP contribution in [0.3, 0.4) is 0 Å². The van der Waals surface area contributed by atoms with Gasteiger partial charge in [0.2, 0.25) is 0 Å². The number of rotatable bonds is 5. The molecule has 0 aliphatic carbocycles. The lowest BCUT2D eigenvalue weighted by Crippen LogP contribution is -2.18. The molecule has 0 fully saturated rings. The molecule has 1 aromatic heterocycles. The lowest BCUT2D eigenvalue weighted by Gasteiger charge is -2.14. The first-order valence-corrected chi connectivity index (χ1v) is 8.19. The van der Waals surface area contributed by atoms with E-state index in [2.05, 4.69) is 63.7 Å². The summed E-state index contributed by atoms with van der Waals surface area (Å²) in [4.78, 5) is 5.71. The minimum atomic E-state index is 0.316. The molecular weight excluding hydrogens is 320 g/mol. The monoisotopic (exact) mass is 336 g/mol. The van der Waals surface area contributed by atoms with Crippen LogP contribution in [0.1, 0.15) is 24.2 Å². The lowest BCUT2D eigenvalue weighted by molar-refractivity contribution is 0.567. The van der Waals surface area contributed by atoms with Crippen molar-refractivity contribution in [2.75, 3.05) is 6.26 Å². The molecule has 2 rings (SSSR count). The Labute approximate surface area is 127 Å². The van der Waals surface area contributed by atoms with Gasteiger partial charge in [0.1, 0.15) is 4.60 Å². The van der Waals surface area contributed by atoms with Gasteiger partial charge in [0.05, 0.1) is 5.69 Å². The standard InChI is InChI=1S/C15H17BrN2S/c1-11(12-6-8-14(19-2)9-7-12)17-10-13-4-3-5-15(16)18-13/h3-9,11,17H,10H2,1-2H3. The molecule has 1 heterocycles. The Morgan fingerprint density at radius 2 is 1.95 bits per heavy atom. The summed E-state index contributed by atoms with van der Waals surface area (Å²) in [6, 6.07) is 15.0. The summed E-state index contributed by atoms with van der Waals surface area (Å²) < 4.78 is 0.878. The van der Waals surface area contributed by atoms with Gasteiger partial charge in [-0.1, -0.05) is 18.2 Å². The quantitative estimate of drug-likeness (QED) is 0.646. The van der Waals surface area contributed by atoms with Crippen LogP contribution in [0, 0.1) is 0 Å². The smallest absolute Gasteiger partial charge is 0.106 e. The van der Waals surface area contributed by atoms with Crippen molar-refractivity contribution in [3.63, 3.8) is 0 Å². The van der Waals surface area contributed by atoms with Crippen molar-refractivity contribution in [2.45, 2.75) is 24.4 Å². The Morgan fingerprint density at radius 3 is 2.58 bits per heavy atom. The van der Waals surface area contributed by atoms with E-state index in [-0.39, 0.29) is 0 Å². The van der Waals surface area contributed by atoms with Crippen molar-refractivity contribution in [3.05, 3.63) is 58.3 Å². The molecule has 0 radical (unpaired) electrons. The van der Waals surface area contributed by atoms with Crippen LogP contribution in [-0.4, -0.2) is 11.2 Å². The zero-order chi connectivity index (χ0) is 13.7. The Hall–Kier alpha value is -0.840. The van der Waals surface area contributed by atoms with Gasteiger partial charge in [-0.3, -0.25) is 0 Å². The minimum Gasteiger partial charge on any atom is -0.305 e. The Balaban J connectivity index is 1.95. The first kappa shape index (κ1) is 14.6. The lowest BCUT2D eigenvalue weighted by atomic mass is 10.1. The third-order valence-electron chi connectivity index (χ3n) is 2.98. The van der Waals surface area contributed by atoms with E-state index in [0.29, 0.717) is 6.04 Å². The maximum atomic E-state index is 4.42. The fourth-order valence-electron chi connectivity index (χ4n) is 1.82. The molecule has 0 aliphatic heterocycles. The maximum absolute atomic E-state index is 4.42. The second kappa shape index (κ2) is 7.08. The molecule has 0 saturated heterocycles. The van der Waals surface area contributed by atoms with E-state index in [1.807, 2.05) is 18.2 Å². The zero-order valence-electron chi connectivity index (χ0n) is 11.1. The summed E-state index contributed by atoms with van der Waals surface area (Å²) in [6.45, 7) is 2.94. The van der Waals surface area contributed by atoms with Crippen LogP contribution in [0.5, 0.6) is 0 Å². The molecule has 1 N–H and O–H groups in total. The summed E-state index contributed by atoms with van der Waals surface area (Å²) in [5.74, 6) is 0. The van der Waals surface area contributed by atoms with Crippen LogP contribution in [0.15, 0.2) is 52.0 Å². The molecule has 0 amide bonds. The third-order valence-corrected chi connectivity index (χ3v) is 4.16. The second-order valence-electron chi connectivity index (χ2n) is 4.33. The van der Waals surface area contributed by atoms with Crippen LogP contribution in [-0.2, 0) is 6.54 Å². The Bertz CT molecular complexity index is 528. The highest BCUT2D eigenvalue weighted by Gasteiger charge is 2.05. The molecular formula is C15H17BrN2S. The number of nitrogens with zero attached hydrogens (tertiary/aromatic N) is 1. The van der Waals surface area contributed by atoms with Gasteiger partial charge < -0.3 is 5.32 Å². The summed E-state index contributed by atoms with van der Waals surface area (Å²) >= 11 is 5.15. The summed E-state index contributed by atoms with van der Waals surface area (Å²) in [6.07, 6.45) is 2.09. The van der Waals surface area contributed by atoms with E-state index in [1.54, 1.807) is 11.8 Å². The van der Waals surface area contributed by atoms with Crippen LogP contribution >= 0.6 is 27.7 Å². The molecule has 2 nitrogen and oxygen atoms in total. The number of hydrogen-bond acceptors (Lipinski definition) is 3.